The Morgan fingerprint density at radius 3 is 2.38 bits per heavy atom. The third kappa shape index (κ3) is 1.70. The Labute approximate surface area is 45.4 Å². The summed E-state index contributed by atoms with van der Waals surface area (Å²) in [6, 6.07) is 0. The lowest BCUT2D eigenvalue weighted by Crippen LogP contribution is -2.24. The summed E-state index contributed by atoms with van der Waals surface area (Å²) in [5.74, 6) is -0.882. The standard InChI is InChI=1S/C3H6N2O3/c4-5-3(8)2(7)1-6/h2,6-8H,1H2. The number of rotatable bonds is 2. The van der Waals surface area contributed by atoms with Crippen LogP contribution < -0.4 is 0 Å². The van der Waals surface area contributed by atoms with Crippen LogP contribution in [0.1, 0.15) is 0 Å². The van der Waals surface area contributed by atoms with Crippen LogP contribution in [0.5, 0.6) is 0 Å². The molecular formula is C3H6N2O3. The van der Waals surface area contributed by atoms with Crippen LogP contribution in [0.3, 0.4) is 0 Å². The number of nitrogens with zero attached hydrogens (tertiary/aromatic N) is 2. The zero-order chi connectivity index (χ0) is 6.57. The van der Waals surface area contributed by atoms with Gasteiger partial charge in [0.15, 0.2) is 0 Å². The molecule has 0 saturated heterocycles. The summed E-state index contributed by atoms with van der Waals surface area (Å²) in [5, 5.41) is 24.6. The van der Waals surface area contributed by atoms with E-state index in [2.05, 4.69) is 4.79 Å². The first-order valence-electron chi connectivity index (χ1n) is 1.92. The van der Waals surface area contributed by atoms with Gasteiger partial charge in [-0.2, -0.15) is 0 Å². The van der Waals surface area contributed by atoms with Gasteiger partial charge in [0.1, 0.15) is 0 Å². The summed E-state index contributed by atoms with van der Waals surface area (Å²) in [5.41, 5.74) is 7.70. The van der Waals surface area contributed by atoms with Crippen LogP contribution in [0, 0.1) is 0 Å². The van der Waals surface area contributed by atoms with Crippen molar-refractivity contribution in [2.75, 3.05) is 6.61 Å². The Hall–Kier alpha value is -0.900. The summed E-state index contributed by atoms with van der Waals surface area (Å²) < 4.78 is 0. The second-order valence-electron chi connectivity index (χ2n) is 1.16. The van der Waals surface area contributed by atoms with Crippen molar-refractivity contribution < 1.29 is 20.1 Å². The molecule has 0 fully saturated rings. The van der Waals surface area contributed by atoms with Gasteiger partial charge < -0.3 is 20.9 Å². The third-order valence-corrected chi connectivity index (χ3v) is 0.573. The molecule has 5 nitrogen and oxygen atoms in total. The Bertz CT molecular complexity index is 118. The lowest BCUT2D eigenvalue weighted by molar-refractivity contribution is -0.0540. The minimum Gasteiger partial charge on any atom is -0.449 e. The Morgan fingerprint density at radius 1 is 1.75 bits per heavy atom. The van der Waals surface area contributed by atoms with E-state index >= 15 is 0 Å². The van der Waals surface area contributed by atoms with Gasteiger partial charge in [-0.25, -0.2) is 0 Å². The first kappa shape index (κ1) is 7.10. The van der Waals surface area contributed by atoms with E-state index in [1.54, 1.807) is 0 Å². The molecule has 0 radical (unpaired) electrons. The lowest BCUT2D eigenvalue weighted by atomic mass is 10.4. The number of hydrogen-bond donors (Lipinski definition) is 3. The summed E-state index contributed by atoms with van der Waals surface area (Å²) in [4.78, 5) is 2.22. The molecule has 0 aromatic carbocycles. The predicted octanol–water partition coefficient (Wildman–Crippen LogP) is -1.47. The highest BCUT2D eigenvalue weighted by atomic mass is 16.4. The van der Waals surface area contributed by atoms with E-state index in [1.165, 1.54) is 0 Å². The zero-order valence-electron chi connectivity index (χ0n) is 4.02. The van der Waals surface area contributed by atoms with Crippen LogP contribution >= 0.6 is 0 Å². The number of aliphatic hydroxyl groups excluding tert-OH is 3. The minimum absolute atomic E-state index is 0.657. The van der Waals surface area contributed by atoms with Gasteiger partial charge in [-0.05, 0) is 0 Å². The number of hydrogen-bond acceptors (Lipinski definition) is 2. The molecule has 1 unspecified atom stereocenters. The van der Waals surface area contributed by atoms with Gasteiger partial charge in [-0.3, -0.25) is 0 Å². The van der Waals surface area contributed by atoms with Crippen molar-refractivity contribution in [1.82, 2.24) is 0 Å². The molecule has 46 valence electrons. The summed E-state index contributed by atoms with van der Waals surface area (Å²) >= 11 is 0. The fourth-order valence-corrected chi connectivity index (χ4v) is 0.148. The molecule has 5 heteroatoms. The van der Waals surface area contributed by atoms with Crippen LogP contribution in [0.15, 0.2) is 0 Å². The van der Waals surface area contributed by atoms with E-state index in [4.69, 9.17) is 20.9 Å². The van der Waals surface area contributed by atoms with Crippen LogP contribution in [0.2, 0.25) is 0 Å². The highest BCUT2D eigenvalue weighted by molar-refractivity contribution is 5.72. The molecule has 8 heavy (non-hydrogen) atoms. The Morgan fingerprint density at radius 2 is 2.25 bits per heavy atom. The number of aliphatic hydroxyl groups is 3. The molecule has 0 aliphatic rings. The second kappa shape index (κ2) is 3.15. The maximum atomic E-state index is 8.34. The molecule has 0 amide bonds. The van der Waals surface area contributed by atoms with Gasteiger partial charge in [-0.15, -0.1) is 4.79 Å². The van der Waals surface area contributed by atoms with Crippen molar-refractivity contribution in [2.24, 2.45) is 0 Å². The first-order valence-corrected chi connectivity index (χ1v) is 1.92. The fourth-order valence-electron chi connectivity index (χ4n) is 0.148. The molecule has 0 aromatic heterocycles. The molecule has 0 bridgehead atoms. The van der Waals surface area contributed by atoms with Gasteiger partial charge in [0.25, 0.3) is 0 Å². The molecule has 1 atom stereocenters. The average Bonchev–Trinajstić information content (AvgIpc) is 1.84. The van der Waals surface area contributed by atoms with E-state index in [9.17, 15) is 0 Å². The fraction of sp³-hybridized carbons (Fsp3) is 0.667. The largest absolute Gasteiger partial charge is 0.478 e. The minimum atomic E-state index is -1.47. The molecule has 0 heterocycles. The summed E-state index contributed by atoms with van der Waals surface area (Å²) in [7, 11) is 0. The van der Waals surface area contributed by atoms with Crippen molar-refractivity contribution in [2.45, 2.75) is 6.10 Å². The highest BCUT2D eigenvalue weighted by Gasteiger charge is 2.16. The normalized spacial score (nSPS) is 12.2. The van der Waals surface area contributed by atoms with Gasteiger partial charge in [-0.1, -0.05) is 0 Å². The second-order valence-corrected chi connectivity index (χ2v) is 1.16. The maximum absolute atomic E-state index is 8.34. The van der Waals surface area contributed by atoms with Crippen molar-refractivity contribution in [3.05, 3.63) is 5.53 Å². The molecule has 0 rings (SSSR count). The monoisotopic (exact) mass is 118 g/mol. The van der Waals surface area contributed by atoms with E-state index in [0.717, 1.165) is 0 Å². The van der Waals surface area contributed by atoms with E-state index < -0.39 is 18.6 Å². The van der Waals surface area contributed by atoms with Crippen molar-refractivity contribution in [3.8, 4) is 0 Å². The van der Waals surface area contributed by atoms with E-state index in [0.29, 0.717) is 0 Å². The van der Waals surface area contributed by atoms with Crippen LogP contribution in [-0.4, -0.2) is 38.7 Å². The highest BCUT2D eigenvalue weighted by Crippen LogP contribution is 1.76. The van der Waals surface area contributed by atoms with Crippen molar-refractivity contribution in [1.29, 1.82) is 0 Å². The molecule has 3 N–H and O–H groups in total. The van der Waals surface area contributed by atoms with Crippen LogP contribution in [-0.2, 0) is 0 Å². The quantitative estimate of drug-likeness (QED) is 0.178. The van der Waals surface area contributed by atoms with Crippen LogP contribution in [0.4, 0.5) is 0 Å². The SMILES string of the molecule is [N-]=[N+]=C(O)C(O)CO. The van der Waals surface area contributed by atoms with Gasteiger partial charge in [0.2, 0.25) is 6.10 Å². The Balaban J connectivity index is 3.82. The van der Waals surface area contributed by atoms with Gasteiger partial charge in [0, 0.05) is 0 Å². The van der Waals surface area contributed by atoms with Gasteiger partial charge in [0.05, 0.1) is 6.61 Å². The average molecular weight is 118 g/mol. The van der Waals surface area contributed by atoms with E-state index in [1.807, 2.05) is 0 Å². The molecule has 0 spiro atoms. The summed E-state index contributed by atoms with van der Waals surface area (Å²) in [6.07, 6.45) is -1.47. The smallest absolute Gasteiger partial charge is 0.449 e. The molecule has 0 aliphatic heterocycles. The third-order valence-electron chi connectivity index (χ3n) is 0.573. The van der Waals surface area contributed by atoms with Gasteiger partial charge >= 0.3 is 5.90 Å². The molecule has 0 saturated carbocycles. The van der Waals surface area contributed by atoms with Crippen LogP contribution in [0.25, 0.3) is 5.53 Å². The molecule has 0 aromatic rings. The maximum Gasteiger partial charge on any atom is 0.478 e. The lowest BCUT2D eigenvalue weighted by Gasteiger charge is -1.91. The summed E-state index contributed by atoms with van der Waals surface area (Å²) in [6.45, 7) is -0.657. The van der Waals surface area contributed by atoms with E-state index in [-0.39, 0.29) is 0 Å². The zero-order valence-corrected chi connectivity index (χ0v) is 4.02. The molecular weight excluding hydrogens is 112 g/mol. The first-order chi connectivity index (χ1) is 3.72. The predicted molar refractivity (Wildman–Crippen MR) is 24.3 cm³/mol. The van der Waals surface area contributed by atoms with Crippen molar-refractivity contribution in [3.63, 3.8) is 0 Å². The van der Waals surface area contributed by atoms with Crippen molar-refractivity contribution >= 4 is 5.90 Å². The topological polar surface area (TPSA) is 97.1 Å². The Kier molecular flexibility index (Phi) is 2.79. The molecule has 0 aliphatic carbocycles.